The summed E-state index contributed by atoms with van der Waals surface area (Å²) in [5.41, 5.74) is 0.439. The van der Waals surface area contributed by atoms with Crippen LogP contribution in [-0.2, 0) is 4.79 Å². The van der Waals surface area contributed by atoms with Gasteiger partial charge in [-0.1, -0.05) is 0 Å². The highest BCUT2D eigenvalue weighted by Crippen LogP contribution is 2.44. The number of benzene rings is 1. The van der Waals surface area contributed by atoms with Crippen LogP contribution in [-0.4, -0.2) is 34.2 Å². The van der Waals surface area contributed by atoms with Crippen molar-refractivity contribution < 1.29 is 14.6 Å². The molecule has 1 aromatic rings. The Morgan fingerprint density at radius 3 is 2.86 bits per heavy atom. The molecule has 3 rings (SSSR count). The minimum atomic E-state index is -0.837. The number of nitrogens with zero attached hydrogens (tertiary/aromatic N) is 2. The molecule has 2 aliphatic rings. The summed E-state index contributed by atoms with van der Waals surface area (Å²) in [5.74, 6) is 0.694. The number of piperidine rings is 1. The molecular formula is C17H20N2O3. The monoisotopic (exact) mass is 300 g/mol. The number of fused-ring (bicyclic) bond motifs is 1. The van der Waals surface area contributed by atoms with Crippen LogP contribution in [0.25, 0.3) is 0 Å². The Morgan fingerprint density at radius 2 is 2.18 bits per heavy atom. The van der Waals surface area contributed by atoms with Crippen LogP contribution in [0.1, 0.15) is 50.3 Å². The van der Waals surface area contributed by atoms with Gasteiger partial charge < -0.3 is 14.7 Å². The molecule has 116 valence electrons. The lowest BCUT2D eigenvalue weighted by Crippen LogP contribution is -2.55. The first-order valence-corrected chi connectivity index (χ1v) is 7.64. The second-order valence-electron chi connectivity index (χ2n) is 6.50. The lowest BCUT2D eigenvalue weighted by Gasteiger charge is -2.47. The van der Waals surface area contributed by atoms with E-state index in [-0.39, 0.29) is 5.91 Å². The third-order valence-electron chi connectivity index (χ3n) is 4.54. The summed E-state index contributed by atoms with van der Waals surface area (Å²) in [7, 11) is 0. The number of ether oxygens (including phenoxy) is 1. The summed E-state index contributed by atoms with van der Waals surface area (Å²) in [4.78, 5) is 14.1. The lowest BCUT2D eigenvalue weighted by atomic mass is 9.84. The van der Waals surface area contributed by atoms with Crippen molar-refractivity contribution in [2.45, 2.75) is 50.9 Å². The molecule has 5 nitrogen and oxygen atoms in total. The number of nitriles is 1. The molecule has 0 saturated carbocycles. The maximum atomic E-state index is 12.3. The molecule has 0 aromatic heterocycles. The Kier molecular flexibility index (Phi) is 3.57. The molecule has 2 aliphatic heterocycles. The first-order valence-electron chi connectivity index (χ1n) is 7.64. The summed E-state index contributed by atoms with van der Waals surface area (Å²) in [6, 6.07) is 6.82. The summed E-state index contributed by atoms with van der Waals surface area (Å²) in [5, 5.41) is 19.9. The van der Waals surface area contributed by atoms with Crippen LogP contribution < -0.4 is 4.74 Å². The fourth-order valence-electron chi connectivity index (χ4n) is 3.30. The van der Waals surface area contributed by atoms with Crippen LogP contribution in [0.4, 0.5) is 0 Å². The summed E-state index contributed by atoms with van der Waals surface area (Å²) in [6.45, 7) is 4.27. The molecule has 1 saturated heterocycles. The van der Waals surface area contributed by atoms with Crippen molar-refractivity contribution in [1.29, 1.82) is 5.26 Å². The number of carbonyl (C=O) groups excluding carboxylic acids is 1. The van der Waals surface area contributed by atoms with Gasteiger partial charge in [0.2, 0.25) is 5.91 Å². The smallest absolute Gasteiger partial charge is 0.223 e. The predicted molar refractivity (Wildman–Crippen MR) is 80.2 cm³/mol. The molecular weight excluding hydrogens is 280 g/mol. The Bertz CT molecular complexity index is 648. The maximum Gasteiger partial charge on any atom is 0.223 e. The highest BCUT2D eigenvalue weighted by molar-refractivity contribution is 5.77. The number of likely N-dealkylation sites (tertiary alicyclic amines) is 1. The number of aliphatic hydroxyl groups is 1. The molecule has 0 bridgehead atoms. The van der Waals surface area contributed by atoms with Crippen LogP contribution in [0.2, 0.25) is 0 Å². The van der Waals surface area contributed by atoms with Crippen molar-refractivity contribution in [1.82, 2.24) is 4.90 Å². The van der Waals surface area contributed by atoms with Crippen molar-refractivity contribution in [3.8, 4) is 11.8 Å². The summed E-state index contributed by atoms with van der Waals surface area (Å²) >= 11 is 0. The third-order valence-corrected chi connectivity index (χ3v) is 4.54. The minimum Gasteiger partial charge on any atom is -0.485 e. The van der Waals surface area contributed by atoms with Crippen molar-refractivity contribution in [2.75, 3.05) is 6.54 Å². The molecule has 22 heavy (non-hydrogen) atoms. The van der Waals surface area contributed by atoms with Crippen LogP contribution in [0, 0.1) is 11.3 Å². The van der Waals surface area contributed by atoms with Crippen LogP contribution in [0.5, 0.6) is 5.75 Å². The zero-order valence-electron chi connectivity index (χ0n) is 12.9. The van der Waals surface area contributed by atoms with Crippen molar-refractivity contribution in [3.63, 3.8) is 0 Å². The van der Waals surface area contributed by atoms with Gasteiger partial charge in [0, 0.05) is 18.5 Å². The number of rotatable bonds is 1. The topological polar surface area (TPSA) is 73.6 Å². The Morgan fingerprint density at radius 1 is 1.41 bits per heavy atom. The van der Waals surface area contributed by atoms with Gasteiger partial charge in [0.25, 0.3) is 0 Å². The van der Waals surface area contributed by atoms with Gasteiger partial charge in [0.15, 0.2) is 0 Å². The average Bonchev–Trinajstić information content (AvgIpc) is 2.49. The fraction of sp³-hybridized carbons (Fsp3) is 0.529. The first-order chi connectivity index (χ1) is 10.4. The number of carbonyl (C=O) groups is 1. The number of hydrogen-bond donors (Lipinski definition) is 1. The molecule has 0 unspecified atom stereocenters. The van der Waals surface area contributed by atoms with E-state index in [9.17, 15) is 9.90 Å². The lowest BCUT2D eigenvalue weighted by molar-refractivity contribution is -0.147. The van der Waals surface area contributed by atoms with E-state index in [1.165, 1.54) is 0 Å². The highest BCUT2D eigenvalue weighted by atomic mass is 16.5. The second kappa shape index (κ2) is 5.29. The fourth-order valence-corrected chi connectivity index (χ4v) is 3.30. The number of hydrogen-bond acceptors (Lipinski definition) is 4. The molecule has 0 aliphatic carbocycles. The van der Waals surface area contributed by atoms with E-state index in [0.29, 0.717) is 24.3 Å². The van der Waals surface area contributed by atoms with Gasteiger partial charge in [0.1, 0.15) is 17.5 Å². The molecule has 2 heterocycles. The molecule has 1 fully saturated rings. The van der Waals surface area contributed by atoms with E-state index in [4.69, 9.17) is 10.00 Å². The first kappa shape index (κ1) is 14.9. The highest BCUT2D eigenvalue weighted by Gasteiger charge is 2.47. The maximum absolute atomic E-state index is 12.3. The van der Waals surface area contributed by atoms with Crippen molar-refractivity contribution >= 4 is 5.91 Å². The average molecular weight is 300 g/mol. The van der Waals surface area contributed by atoms with Crippen LogP contribution in [0.3, 0.4) is 0 Å². The Labute approximate surface area is 130 Å². The van der Waals surface area contributed by atoms with Crippen molar-refractivity contribution in [3.05, 3.63) is 29.3 Å². The molecule has 1 aromatic carbocycles. The molecule has 0 spiro atoms. The van der Waals surface area contributed by atoms with E-state index >= 15 is 0 Å². The predicted octanol–water partition coefficient (Wildman–Crippen LogP) is 2.14. The van der Waals surface area contributed by atoms with E-state index in [2.05, 4.69) is 6.07 Å². The zero-order chi connectivity index (χ0) is 15.9. The molecule has 1 N–H and O–H groups in total. The van der Waals surface area contributed by atoms with Gasteiger partial charge in [-0.3, -0.25) is 4.79 Å². The normalized spacial score (nSPS) is 26.8. The van der Waals surface area contributed by atoms with E-state index in [1.54, 1.807) is 23.1 Å². The van der Waals surface area contributed by atoms with E-state index < -0.39 is 17.7 Å². The number of aliphatic hydroxyl groups excluding tert-OH is 1. The molecule has 0 radical (unpaired) electrons. The second-order valence-corrected chi connectivity index (χ2v) is 6.50. The van der Waals surface area contributed by atoms with Gasteiger partial charge in [-0.05, 0) is 44.9 Å². The standard InChI is InChI=1S/C17H20N2O3/c1-17(2)16(21)15(19-8-4-3-5-14(19)20)12-9-11(10-18)6-7-13(12)22-17/h6-7,9,15-16,21H,3-5,8H2,1-2H3/t15-,16+/m1/s1. The minimum absolute atomic E-state index is 0.0568. The van der Waals surface area contributed by atoms with E-state index in [1.807, 2.05) is 13.8 Å². The van der Waals surface area contributed by atoms with Gasteiger partial charge in [-0.2, -0.15) is 5.26 Å². The zero-order valence-corrected chi connectivity index (χ0v) is 12.9. The molecule has 5 heteroatoms. The van der Waals surface area contributed by atoms with Gasteiger partial charge >= 0.3 is 0 Å². The third kappa shape index (κ3) is 2.34. The summed E-state index contributed by atoms with van der Waals surface area (Å²) < 4.78 is 5.89. The Balaban J connectivity index is 2.10. The Hall–Kier alpha value is -2.06. The van der Waals surface area contributed by atoms with Crippen molar-refractivity contribution in [2.24, 2.45) is 0 Å². The van der Waals surface area contributed by atoms with Gasteiger partial charge in [-0.15, -0.1) is 0 Å². The SMILES string of the molecule is CC1(C)Oc2ccc(C#N)cc2[C@@H](N2CCCCC2=O)[C@@H]1O. The summed E-state index contributed by atoms with van der Waals surface area (Å²) in [6.07, 6.45) is 1.50. The van der Waals surface area contributed by atoms with Crippen LogP contribution >= 0.6 is 0 Å². The molecule has 1 amide bonds. The molecule has 2 atom stereocenters. The largest absolute Gasteiger partial charge is 0.485 e. The van der Waals surface area contributed by atoms with Gasteiger partial charge in [-0.25, -0.2) is 0 Å². The van der Waals surface area contributed by atoms with Crippen LogP contribution in [0.15, 0.2) is 18.2 Å². The van der Waals surface area contributed by atoms with E-state index in [0.717, 1.165) is 18.4 Å². The quantitative estimate of drug-likeness (QED) is 0.862. The van der Waals surface area contributed by atoms with Gasteiger partial charge in [0.05, 0.1) is 17.7 Å². The number of amides is 1.